The van der Waals surface area contributed by atoms with Gasteiger partial charge in [0.15, 0.2) is 11.6 Å². The first-order chi connectivity index (χ1) is 12.0. The quantitative estimate of drug-likeness (QED) is 0.150. The molecule has 0 heterocycles. The van der Waals surface area contributed by atoms with E-state index in [0.29, 0.717) is 11.3 Å². The number of nitrogens with one attached hydrogen (secondary N) is 2. The second-order valence-corrected chi connectivity index (χ2v) is 5.30. The lowest BCUT2D eigenvalue weighted by atomic mass is 10.0. The van der Waals surface area contributed by atoms with Gasteiger partial charge in [-0.3, -0.25) is 9.59 Å². The Morgan fingerprint density at radius 1 is 1.00 bits per heavy atom. The minimum absolute atomic E-state index is 0.137. The van der Waals surface area contributed by atoms with Gasteiger partial charge in [-0.25, -0.2) is 11.4 Å². The van der Waals surface area contributed by atoms with Crippen LogP contribution in [0.5, 0.6) is 5.75 Å². The van der Waals surface area contributed by atoms with Gasteiger partial charge in [0.05, 0.1) is 0 Å². The van der Waals surface area contributed by atoms with Gasteiger partial charge in [0, 0.05) is 11.3 Å². The summed E-state index contributed by atoms with van der Waals surface area (Å²) in [5.74, 6) is 4.72. The Labute approximate surface area is 142 Å². The van der Waals surface area contributed by atoms with E-state index in [1.165, 1.54) is 0 Å². The average molecular weight is 337 g/mol. The monoisotopic (exact) mass is 337 g/mol. The molecule has 0 aliphatic rings. The minimum atomic E-state index is -0.907. The van der Waals surface area contributed by atoms with E-state index in [1.807, 2.05) is 30.3 Å². The van der Waals surface area contributed by atoms with Crippen LogP contribution in [0.4, 0.5) is 11.4 Å². The molecule has 8 heteroatoms. The van der Waals surface area contributed by atoms with Gasteiger partial charge in [-0.05, 0) is 29.3 Å². The van der Waals surface area contributed by atoms with Crippen LogP contribution in [0.1, 0.15) is 5.56 Å². The summed E-state index contributed by atoms with van der Waals surface area (Å²) in [7, 11) is 0. The Hall–Kier alpha value is -3.65. The van der Waals surface area contributed by atoms with E-state index in [0.717, 1.165) is 11.1 Å². The highest BCUT2D eigenvalue weighted by atomic mass is 16.3. The molecule has 3 rings (SSSR count). The molecule has 126 valence electrons. The lowest BCUT2D eigenvalue weighted by molar-refractivity contribution is 0.466. The molecule has 0 atom stereocenters. The van der Waals surface area contributed by atoms with Gasteiger partial charge in [0.2, 0.25) is 0 Å². The average Bonchev–Trinajstić information content (AvgIpc) is 2.66. The van der Waals surface area contributed by atoms with E-state index in [-0.39, 0.29) is 11.5 Å². The maximum atomic E-state index is 11.5. The number of hydrogen-bond donors (Lipinski definition) is 5. The zero-order chi connectivity index (χ0) is 18.0. The van der Waals surface area contributed by atoms with Gasteiger partial charge in [-0.15, -0.1) is 5.10 Å². The highest BCUT2D eigenvalue weighted by Gasteiger charge is 2.20. The number of aromatic hydroxyl groups is 1. The smallest absolute Gasteiger partial charge is 0.271 e. The third-order valence-corrected chi connectivity index (χ3v) is 3.68. The summed E-state index contributed by atoms with van der Waals surface area (Å²) >= 11 is 0. The maximum absolute atomic E-state index is 11.5. The van der Waals surface area contributed by atoms with Crippen molar-refractivity contribution in [3.05, 3.63) is 74.5 Å². The third-order valence-electron chi connectivity index (χ3n) is 3.68. The van der Waals surface area contributed by atoms with Crippen LogP contribution in [0.15, 0.2) is 63.2 Å². The largest absolute Gasteiger partial charge is 0.502 e. The predicted molar refractivity (Wildman–Crippen MR) is 96.2 cm³/mol. The van der Waals surface area contributed by atoms with Crippen molar-refractivity contribution in [2.24, 2.45) is 16.7 Å². The summed E-state index contributed by atoms with van der Waals surface area (Å²) in [4.78, 5) is 22.7. The lowest BCUT2D eigenvalue weighted by Crippen LogP contribution is -2.32. The van der Waals surface area contributed by atoms with E-state index in [4.69, 9.17) is 11.6 Å². The molecule has 3 aromatic rings. The molecule has 3 aromatic carbocycles. The number of hydrazine groups is 1. The van der Waals surface area contributed by atoms with Gasteiger partial charge < -0.3 is 16.2 Å². The normalized spacial score (nSPS) is 11.5. The SMILES string of the molecule is NN/N=C(\N)c1cc(Nc2c(O)c(=O)c2=O)cc(-c2ccccc2)c1. The van der Waals surface area contributed by atoms with Crippen LogP contribution in [0, 0.1) is 0 Å². The highest BCUT2D eigenvalue weighted by molar-refractivity contribution is 5.99. The molecule has 0 spiro atoms. The number of nitrogens with zero attached hydrogens (tertiary/aromatic N) is 1. The van der Waals surface area contributed by atoms with Crippen molar-refractivity contribution in [3.63, 3.8) is 0 Å². The number of hydrazone groups is 1. The Balaban J connectivity index is 2.08. The molecule has 7 N–H and O–H groups in total. The zero-order valence-electron chi connectivity index (χ0n) is 13.0. The van der Waals surface area contributed by atoms with E-state index >= 15 is 0 Å². The Kier molecular flexibility index (Phi) is 4.19. The van der Waals surface area contributed by atoms with Crippen molar-refractivity contribution < 1.29 is 5.11 Å². The lowest BCUT2D eigenvalue weighted by Gasteiger charge is -2.13. The fourth-order valence-corrected chi connectivity index (χ4v) is 2.42. The van der Waals surface area contributed by atoms with Gasteiger partial charge in [0.1, 0.15) is 5.69 Å². The second kappa shape index (κ2) is 6.46. The predicted octanol–water partition coefficient (Wildman–Crippen LogP) is 0.482. The fraction of sp³-hybridized carbons (Fsp3) is 0. The summed E-state index contributed by atoms with van der Waals surface area (Å²) in [6, 6.07) is 14.7. The van der Waals surface area contributed by atoms with Gasteiger partial charge in [-0.2, -0.15) is 0 Å². The van der Waals surface area contributed by atoms with Crippen LogP contribution in [-0.2, 0) is 0 Å². The molecule has 8 nitrogen and oxygen atoms in total. The van der Waals surface area contributed by atoms with E-state index in [1.54, 1.807) is 18.2 Å². The van der Waals surface area contributed by atoms with Crippen LogP contribution < -0.4 is 33.3 Å². The first-order valence-corrected chi connectivity index (χ1v) is 7.30. The van der Waals surface area contributed by atoms with E-state index in [9.17, 15) is 14.7 Å². The number of rotatable bonds is 5. The number of hydrogen-bond acceptors (Lipinski definition) is 7. The Morgan fingerprint density at radius 2 is 1.72 bits per heavy atom. The molecule has 0 amide bonds. The third kappa shape index (κ3) is 3.06. The molecule has 0 aliphatic carbocycles. The van der Waals surface area contributed by atoms with Gasteiger partial charge in [-0.1, -0.05) is 30.3 Å². The number of anilines is 2. The van der Waals surface area contributed by atoms with Crippen molar-refractivity contribution >= 4 is 17.2 Å². The summed E-state index contributed by atoms with van der Waals surface area (Å²) < 4.78 is 0. The number of nitrogens with two attached hydrogens (primary N) is 2. The molecular weight excluding hydrogens is 322 g/mol. The van der Waals surface area contributed by atoms with Gasteiger partial charge in [0.25, 0.3) is 10.9 Å². The first-order valence-electron chi connectivity index (χ1n) is 7.30. The van der Waals surface area contributed by atoms with Crippen LogP contribution in [0.3, 0.4) is 0 Å². The highest BCUT2D eigenvalue weighted by Crippen LogP contribution is 2.28. The topological polar surface area (TPSA) is 143 Å². The minimum Gasteiger partial charge on any atom is -0.502 e. The van der Waals surface area contributed by atoms with Crippen molar-refractivity contribution in [1.29, 1.82) is 0 Å². The number of amidine groups is 1. The summed E-state index contributed by atoms with van der Waals surface area (Å²) in [5, 5.41) is 16.0. The van der Waals surface area contributed by atoms with Crippen molar-refractivity contribution in [2.75, 3.05) is 5.32 Å². The maximum Gasteiger partial charge on any atom is 0.271 e. The van der Waals surface area contributed by atoms with Crippen LogP contribution in [0.2, 0.25) is 0 Å². The molecule has 0 saturated carbocycles. The molecule has 0 unspecified atom stereocenters. The second-order valence-electron chi connectivity index (χ2n) is 5.30. The zero-order valence-corrected chi connectivity index (χ0v) is 13.0. The molecular formula is C17H15N5O3. The standard InChI is InChI=1S/C17H15N5O3/c18-17(21-22-19)11-6-10(9-4-2-1-3-5-9)7-12(8-11)20-13-14(23)16(25)15(13)24/h1-8,20,22-23H,19H2,(H2,18,21). The van der Waals surface area contributed by atoms with Crippen molar-refractivity contribution in [3.8, 4) is 16.9 Å². The Morgan fingerprint density at radius 3 is 2.36 bits per heavy atom. The molecule has 0 saturated heterocycles. The van der Waals surface area contributed by atoms with Crippen LogP contribution in [-0.4, -0.2) is 10.9 Å². The molecule has 0 radical (unpaired) electrons. The summed E-state index contributed by atoms with van der Waals surface area (Å²) in [5.41, 5.74) is 8.89. The van der Waals surface area contributed by atoms with Crippen LogP contribution in [0.25, 0.3) is 11.1 Å². The van der Waals surface area contributed by atoms with Crippen molar-refractivity contribution in [1.82, 2.24) is 5.53 Å². The summed E-state index contributed by atoms with van der Waals surface area (Å²) in [6.45, 7) is 0. The van der Waals surface area contributed by atoms with Crippen molar-refractivity contribution in [2.45, 2.75) is 0 Å². The number of benzene rings is 2. The molecule has 0 bridgehead atoms. The van der Waals surface area contributed by atoms with Gasteiger partial charge >= 0.3 is 0 Å². The molecule has 0 aromatic heterocycles. The fourth-order valence-electron chi connectivity index (χ4n) is 2.42. The van der Waals surface area contributed by atoms with E-state index < -0.39 is 16.6 Å². The summed E-state index contributed by atoms with van der Waals surface area (Å²) in [6.07, 6.45) is 0. The van der Waals surface area contributed by atoms with Crippen LogP contribution >= 0.6 is 0 Å². The molecule has 0 fully saturated rings. The van der Waals surface area contributed by atoms with E-state index in [2.05, 4.69) is 16.0 Å². The Bertz CT molecular complexity index is 1020. The molecule has 0 aliphatic heterocycles. The first kappa shape index (κ1) is 16.2. The molecule has 25 heavy (non-hydrogen) atoms.